The third kappa shape index (κ3) is 2.30. The van der Waals surface area contributed by atoms with Crippen LogP contribution >= 0.6 is 0 Å². The second kappa shape index (κ2) is 4.74. The van der Waals surface area contributed by atoms with Crippen molar-refractivity contribution in [2.75, 3.05) is 0 Å². The quantitative estimate of drug-likeness (QED) is 0.582. The molecule has 0 bridgehead atoms. The van der Waals surface area contributed by atoms with Gasteiger partial charge in [-0.1, -0.05) is 30.3 Å². The van der Waals surface area contributed by atoms with E-state index >= 15 is 0 Å². The summed E-state index contributed by atoms with van der Waals surface area (Å²) in [4.78, 5) is 25.8. The number of hydrogen-bond acceptors (Lipinski definition) is 4. The highest BCUT2D eigenvalue weighted by atomic mass is 16.5. The molecule has 0 fully saturated rings. The number of hydrogen-bond donors (Lipinski definition) is 0. The molecule has 0 atom stereocenters. The van der Waals surface area contributed by atoms with Crippen LogP contribution < -0.4 is 0 Å². The molecule has 1 aromatic rings. The SMILES string of the molecule is CC1=C(C(=O)OCc2ccccc2)N=C1C=O. The van der Waals surface area contributed by atoms with Crippen LogP contribution in [-0.2, 0) is 20.9 Å². The third-order valence-electron chi connectivity index (χ3n) is 2.49. The Morgan fingerprint density at radius 2 is 2.06 bits per heavy atom. The number of rotatable bonds is 4. The van der Waals surface area contributed by atoms with Crippen LogP contribution in [0.3, 0.4) is 0 Å². The Morgan fingerprint density at radius 1 is 1.35 bits per heavy atom. The summed E-state index contributed by atoms with van der Waals surface area (Å²) in [6, 6.07) is 9.38. The highest BCUT2D eigenvalue weighted by Crippen LogP contribution is 2.19. The molecular formula is C13H11NO3. The number of aldehydes is 1. The van der Waals surface area contributed by atoms with Gasteiger partial charge in [0, 0.05) is 5.57 Å². The molecule has 0 saturated heterocycles. The lowest BCUT2D eigenvalue weighted by Crippen LogP contribution is -2.21. The zero-order valence-electron chi connectivity index (χ0n) is 9.34. The van der Waals surface area contributed by atoms with E-state index in [9.17, 15) is 9.59 Å². The van der Waals surface area contributed by atoms with E-state index in [1.54, 1.807) is 6.92 Å². The Hall–Kier alpha value is -2.23. The molecule has 0 N–H and O–H groups in total. The van der Waals surface area contributed by atoms with Gasteiger partial charge in [0.25, 0.3) is 0 Å². The average Bonchev–Trinajstić information content (AvgIpc) is 2.36. The minimum atomic E-state index is -0.489. The fourth-order valence-electron chi connectivity index (χ4n) is 1.46. The normalized spacial score (nSPS) is 13.8. The smallest absolute Gasteiger partial charge is 0.357 e. The summed E-state index contributed by atoms with van der Waals surface area (Å²) in [6.45, 7) is 1.89. The summed E-state index contributed by atoms with van der Waals surface area (Å²) in [7, 11) is 0. The minimum absolute atomic E-state index is 0.211. The summed E-state index contributed by atoms with van der Waals surface area (Å²) in [5.74, 6) is -0.489. The number of nitrogens with zero attached hydrogens (tertiary/aromatic N) is 1. The second-order valence-electron chi connectivity index (χ2n) is 3.65. The van der Waals surface area contributed by atoms with E-state index in [0.29, 0.717) is 17.6 Å². The van der Waals surface area contributed by atoms with E-state index in [1.807, 2.05) is 30.3 Å². The van der Waals surface area contributed by atoms with Crippen LogP contribution in [0.4, 0.5) is 0 Å². The lowest BCUT2D eigenvalue weighted by atomic mass is 10.1. The standard InChI is InChI=1S/C13H11NO3/c1-9-11(7-15)14-12(9)13(16)17-8-10-5-3-2-4-6-10/h2-7H,8H2,1H3. The van der Waals surface area contributed by atoms with Crippen LogP contribution in [0, 0.1) is 0 Å². The van der Waals surface area contributed by atoms with Crippen LogP contribution in [-0.4, -0.2) is 18.0 Å². The van der Waals surface area contributed by atoms with Gasteiger partial charge in [0.05, 0.1) is 0 Å². The number of aliphatic imine (C=N–C) groups is 1. The summed E-state index contributed by atoms with van der Waals surface area (Å²) in [5.41, 5.74) is 2.07. The average molecular weight is 229 g/mol. The molecular weight excluding hydrogens is 218 g/mol. The molecule has 0 saturated carbocycles. The van der Waals surface area contributed by atoms with Crippen molar-refractivity contribution in [1.82, 2.24) is 0 Å². The maximum atomic E-state index is 11.6. The largest absolute Gasteiger partial charge is 0.456 e. The van der Waals surface area contributed by atoms with Gasteiger partial charge < -0.3 is 4.74 Å². The van der Waals surface area contributed by atoms with Crippen LogP contribution in [0.25, 0.3) is 0 Å². The molecule has 1 heterocycles. The predicted octanol–water partition coefficient (Wildman–Crippen LogP) is 1.66. The van der Waals surface area contributed by atoms with Crippen molar-refractivity contribution >= 4 is 18.0 Å². The second-order valence-corrected chi connectivity index (χ2v) is 3.65. The van der Waals surface area contributed by atoms with E-state index < -0.39 is 5.97 Å². The Bertz CT molecular complexity index is 515. The zero-order valence-corrected chi connectivity index (χ0v) is 9.34. The fraction of sp³-hybridized carbons (Fsp3) is 0.154. The highest BCUT2D eigenvalue weighted by Gasteiger charge is 2.25. The van der Waals surface area contributed by atoms with Gasteiger partial charge in [0.1, 0.15) is 12.3 Å². The van der Waals surface area contributed by atoms with Gasteiger partial charge in [-0.25, -0.2) is 9.79 Å². The van der Waals surface area contributed by atoms with Gasteiger partial charge in [-0.05, 0) is 12.5 Å². The highest BCUT2D eigenvalue weighted by molar-refractivity contribution is 6.40. The van der Waals surface area contributed by atoms with Crippen LogP contribution in [0.1, 0.15) is 12.5 Å². The molecule has 1 aliphatic rings. The molecule has 0 aliphatic carbocycles. The zero-order chi connectivity index (χ0) is 12.3. The number of carbonyl (C=O) groups excluding carboxylic acids is 2. The third-order valence-corrected chi connectivity index (χ3v) is 2.49. The summed E-state index contributed by atoms with van der Waals surface area (Å²) in [5, 5.41) is 0. The molecule has 4 heteroatoms. The predicted molar refractivity (Wildman–Crippen MR) is 62.4 cm³/mol. The number of allylic oxidation sites excluding steroid dienone is 1. The molecule has 86 valence electrons. The molecule has 0 amide bonds. The first kappa shape index (κ1) is 11.3. The number of esters is 1. The van der Waals surface area contributed by atoms with Crippen molar-refractivity contribution in [1.29, 1.82) is 0 Å². The van der Waals surface area contributed by atoms with E-state index in [1.165, 1.54) is 0 Å². The van der Waals surface area contributed by atoms with Crippen molar-refractivity contribution in [2.24, 2.45) is 4.99 Å². The van der Waals surface area contributed by atoms with Crippen LogP contribution in [0.2, 0.25) is 0 Å². The molecule has 0 unspecified atom stereocenters. The summed E-state index contributed by atoms with van der Waals surface area (Å²) >= 11 is 0. The van der Waals surface area contributed by atoms with E-state index in [0.717, 1.165) is 5.56 Å². The monoisotopic (exact) mass is 229 g/mol. The molecule has 17 heavy (non-hydrogen) atoms. The van der Waals surface area contributed by atoms with Gasteiger partial charge in [0.2, 0.25) is 0 Å². The molecule has 1 aromatic carbocycles. The van der Waals surface area contributed by atoms with E-state index in [2.05, 4.69) is 4.99 Å². The number of ether oxygens (including phenoxy) is 1. The van der Waals surface area contributed by atoms with Gasteiger partial charge in [-0.15, -0.1) is 0 Å². The molecule has 4 nitrogen and oxygen atoms in total. The van der Waals surface area contributed by atoms with Crippen molar-refractivity contribution < 1.29 is 14.3 Å². The van der Waals surface area contributed by atoms with Gasteiger partial charge in [-0.2, -0.15) is 0 Å². The topological polar surface area (TPSA) is 55.7 Å². The Balaban J connectivity index is 1.92. The first-order chi connectivity index (χ1) is 8.22. The molecule has 2 rings (SSSR count). The maximum Gasteiger partial charge on any atom is 0.357 e. The molecule has 1 aliphatic heterocycles. The molecule has 0 spiro atoms. The van der Waals surface area contributed by atoms with Crippen molar-refractivity contribution in [3.8, 4) is 0 Å². The number of carbonyl (C=O) groups is 2. The molecule has 0 aromatic heterocycles. The van der Waals surface area contributed by atoms with Gasteiger partial charge >= 0.3 is 5.97 Å². The lowest BCUT2D eigenvalue weighted by Gasteiger charge is -2.14. The summed E-state index contributed by atoms with van der Waals surface area (Å²) in [6.07, 6.45) is 0.628. The Labute approximate surface area is 98.6 Å². The fourth-order valence-corrected chi connectivity index (χ4v) is 1.46. The van der Waals surface area contributed by atoms with Gasteiger partial charge in [0.15, 0.2) is 12.0 Å². The first-order valence-electron chi connectivity index (χ1n) is 5.18. The number of benzene rings is 1. The Kier molecular flexibility index (Phi) is 3.14. The van der Waals surface area contributed by atoms with Crippen LogP contribution in [0.15, 0.2) is 46.6 Å². The minimum Gasteiger partial charge on any atom is -0.456 e. The Morgan fingerprint density at radius 3 is 2.65 bits per heavy atom. The van der Waals surface area contributed by atoms with Crippen molar-refractivity contribution in [2.45, 2.75) is 13.5 Å². The summed E-state index contributed by atoms with van der Waals surface area (Å²) < 4.78 is 5.08. The molecule has 0 radical (unpaired) electrons. The van der Waals surface area contributed by atoms with Gasteiger partial charge in [-0.3, -0.25) is 4.79 Å². The van der Waals surface area contributed by atoms with Crippen molar-refractivity contribution in [3.63, 3.8) is 0 Å². The van der Waals surface area contributed by atoms with E-state index in [4.69, 9.17) is 4.74 Å². The van der Waals surface area contributed by atoms with E-state index in [-0.39, 0.29) is 12.3 Å². The lowest BCUT2D eigenvalue weighted by molar-refractivity contribution is -0.140. The maximum absolute atomic E-state index is 11.6. The first-order valence-corrected chi connectivity index (χ1v) is 5.18. The van der Waals surface area contributed by atoms with Crippen molar-refractivity contribution in [3.05, 3.63) is 47.2 Å². The van der Waals surface area contributed by atoms with Crippen LogP contribution in [0.5, 0.6) is 0 Å².